The van der Waals surface area contributed by atoms with Gasteiger partial charge >= 0.3 is 6.09 Å². The van der Waals surface area contributed by atoms with E-state index in [0.29, 0.717) is 25.9 Å². The Kier molecular flexibility index (Phi) is 10.4. The second-order valence-corrected chi connectivity index (χ2v) is 8.84. The summed E-state index contributed by atoms with van der Waals surface area (Å²) in [5, 5.41) is 7.90. The van der Waals surface area contributed by atoms with Crippen LogP contribution in [0.25, 0.3) is 0 Å². The number of carbonyl (C=O) groups is 3. The van der Waals surface area contributed by atoms with Crippen molar-refractivity contribution in [3.8, 4) is 0 Å². The van der Waals surface area contributed by atoms with E-state index in [1.165, 1.54) is 11.1 Å². The number of amides is 3. The van der Waals surface area contributed by atoms with Gasteiger partial charge in [0.05, 0.1) is 0 Å². The molecule has 0 heterocycles. The summed E-state index contributed by atoms with van der Waals surface area (Å²) in [5.74, 6) is -1.12. The van der Waals surface area contributed by atoms with Crippen molar-refractivity contribution in [1.82, 2.24) is 16.0 Å². The normalized spacial score (nSPS) is 11.0. The van der Waals surface area contributed by atoms with Crippen LogP contribution in [0.3, 0.4) is 0 Å². The maximum atomic E-state index is 12.7. The zero-order valence-electron chi connectivity index (χ0n) is 19.7. The highest BCUT2D eigenvalue weighted by Crippen LogP contribution is 2.07. The molecule has 0 aliphatic rings. The summed E-state index contributed by atoms with van der Waals surface area (Å²) in [6.07, 6.45) is 2.22. The molecule has 0 saturated heterocycles. The van der Waals surface area contributed by atoms with Gasteiger partial charge in [0.25, 0.3) is 11.8 Å². The van der Waals surface area contributed by atoms with Crippen LogP contribution in [0.4, 0.5) is 4.79 Å². The Hall–Kier alpha value is -3.35. The number of benzene rings is 2. The van der Waals surface area contributed by atoms with E-state index in [0.717, 1.165) is 12.8 Å². The first-order chi connectivity index (χ1) is 15.7. The third kappa shape index (κ3) is 10.7. The van der Waals surface area contributed by atoms with Crippen LogP contribution >= 0.6 is 0 Å². The average molecular weight is 454 g/mol. The third-order valence-electron chi connectivity index (χ3n) is 4.75. The number of nitrogens with one attached hydrogen (secondary N) is 3. The van der Waals surface area contributed by atoms with E-state index in [-0.39, 0.29) is 0 Å². The lowest BCUT2D eigenvalue weighted by atomic mass is 10.1. The van der Waals surface area contributed by atoms with Crippen LogP contribution in [-0.4, -0.2) is 42.6 Å². The third-order valence-corrected chi connectivity index (χ3v) is 4.75. The fourth-order valence-corrected chi connectivity index (χ4v) is 3.18. The van der Waals surface area contributed by atoms with E-state index in [9.17, 15) is 14.4 Å². The Morgan fingerprint density at radius 1 is 0.758 bits per heavy atom. The number of carbonyl (C=O) groups excluding carboxylic acids is 3. The molecule has 0 saturated carbocycles. The zero-order valence-corrected chi connectivity index (χ0v) is 19.7. The van der Waals surface area contributed by atoms with Crippen LogP contribution in [0.15, 0.2) is 60.7 Å². The van der Waals surface area contributed by atoms with E-state index in [2.05, 4.69) is 16.0 Å². The highest BCUT2D eigenvalue weighted by molar-refractivity contribution is 6.06. The maximum Gasteiger partial charge on any atom is 0.408 e. The summed E-state index contributed by atoms with van der Waals surface area (Å²) < 4.78 is 5.23. The van der Waals surface area contributed by atoms with E-state index in [4.69, 9.17) is 4.74 Å². The van der Waals surface area contributed by atoms with Crippen LogP contribution < -0.4 is 16.0 Å². The molecular formula is C26H35N3O4. The minimum atomic E-state index is -1.37. The highest BCUT2D eigenvalue weighted by Gasteiger charge is 2.30. The summed E-state index contributed by atoms with van der Waals surface area (Å²) in [6.45, 7) is 5.93. The zero-order chi connectivity index (χ0) is 24.1. The van der Waals surface area contributed by atoms with Gasteiger partial charge in [-0.3, -0.25) is 9.59 Å². The smallest absolute Gasteiger partial charge is 0.408 e. The summed E-state index contributed by atoms with van der Waals surface area (Å²) in [6, 6.07) is 18.5. The molecule has 0 bridgehead atoms. The SMILES string of the molecule is CC(C)(C)OC(=O)NC(C(=O)NCCCc1ccccc1)C(=O)NCCCc1ccccc1. The van der Waals surface area contributed by atoms with Gasteiger partial charge in [0.2, 0.25) is 0 Å². The van der Waals surface area contributed by atoms with Crippen molar-refractivity contribution in [2.24, 2.45) is 0 Å². The molecule has 3 amide bonds. The molecule has 0 spiro atoms. The molecule has 2 aromatic rings. The minimum Gasteiger partial charge on any atom is -0.444 e. The van der Waals surface area contributed by atoms with Crippen LogP contribution in [0, 0.1) is 0 Å². The Balaban J connectivity index is 1.86. The number of ether oxygens (including phenoxy) is 1. The lowest BCUT2D eigenvalue weighted by Crippen LogP contribution is -2.56. The quantitative estimate of drug-likeness (QED) is 0.359. The Labute approximate surface area is 196 Å². The molecule has 2 aromatic carbocycles. The summed E-state index contributed by atoms with van der Waals surface area (Å²) in [5.41, 5.74) is 1.60. The second kappa shape index (κ2) is 13.3. The molecule has 2 rings (SSSR count). The minimum absolute atomic E-state index is 0.390. The molecule has 0 unspecified atom stereocenters. The van der Waals surface area contributed by atoms with Crippen molar-refractivity contribution in [3.05, 3.63) is 71.8 Å². The lowest BCUT2D eigenvalue weighted by molar-refractivity contribution is -0.132. The van der Waals surface area contributed by atoms with Crippen molar-refractivity contribution in [2.45, 2.75) is 58.1 Å². The molecule has 0 aliphatic carbocycles. The molecule has 7 heteroatoms. The molecule has 178 valence electrons. The predicted octanol–water partition coefficient (Wildman–Crippen LogP) is 3.38. The highest BCUT2D eigenvalue weighted by atomic mass is 16.6. The summed E-state index contributed by atoms with van der Waals surface area (Å²) in [7, 11) is 0. The van der Waals surface area contributed by atoms with E-state index in [1.54, 1.807) is 20.8 Å². The standard InChI is InChI=1S/C26H35N3O4/c1-26(2,3)33-25(32)29-22(23(30)27-18-10-16-20-12-6-4-7-13-20)24(31)28-19-11-17-21-14-8-5-9-15-21/h4-9,12-15,22H,10-11,16-19H2,1-3H3,(H,27,30)(H,28,31)(H,29,32). The van der Waals surface area contributed by atoms with Gasteiger partial charge in [0.15, 0.2) is 6.04 Å². The number of hydrogen-bond donors (Lipinski definition) is 3. The van der Waals surface area contributed by atoms with Crippen molar-refractivity contribution in [1.29, 1.82) is 0 Å². The first-order valence-corrected chi connectivity index (χ1v) is 11.4. The van der Waals surface area contributed by atoms with E-state index >= 15 is 0 Å². The molecule has 0 radical (unpaired) electrons. The van der Waals surface area contributed by atoms with Crippen molar-refractivity contribution in [3.63, 3.8) is 0 Å². The van der Waals surface area contributed by atoms with Crippen LogP contribution in [0.1, 0.15) is 44.7 Å². The largest absolute Gasteiger partial charge is 0.444 e. The summed E-state index contributed by atoms with van der Waals surface area (Å²) >= 11 is 0. The first-order valence-electron chi connectivity index (χ1n) is 11.4. The van der Waals surface area contributed by atoms with Crippen LogP contribution in [-0.2, 0) is 27.2 Å². The Morgan fingerprint density at radius 2 is 1.18 bits per heavy atom. The second-order valence-electron chi connectivity index (χ2n) is 8.84. The van der Waals surface area contributed by atoms with Crippen molar-refractivity contribution >= 4 is 17.9 Å². The van der Waals surface area contributed by atoms with Crippen molar-refractivity contribution in [2.75, 3.05) is 13.1 Å². The molecular weight excluding hydrogens is 418 g/mol. The van der Waals surface area contributed by atoms with Gasteiger partial charge in [-0.1, -0.05) is 60.7 Å². The van der Waals surface area contributed by atoms with Gasteiger partial charge in [0.1, 0.15) is 5.60 Å². The molecule has 0 aromatic heterocycles. The number of hydrogen-bond acceptors (Lipinski definition) is 4. The van der Waals surface area contributed by atoms with Gasteiger partial charge in [-0.15, -0.1) is 0 Å². The van der Waals surface area contributed by atoms with Crippen LogP contribution in [0.5, 0.6) is 0 Å². The number of aryl methyl sites for hydroxylation is 2. The van der Waals surface area contributed by atoms with Crippen molar-refractivity contribution < 1.29 is 19.1 Å². The average Bonchev–Trinajstić information content (AvgIpc) is 2.78. The maximum absolute atomic E-state index is 12.7. The lowest BCUT2D eigenvalue weighted by Gasteiger charge is -2.23. The van der Waals surface area contributed by atoms with E-state index in [1.807, 2.05) is 60.7 Å². The van der Waals surface area contributed by atoms with Gasteiger partial charge in [0, 0.05) is 13.1 Å². The monoisotopic (exact) mass is 453 g/mol. The number of rotatable bonds is 11. The van der Waals surface area contributed by atoms with E-state index < -0.39 is 29.6 Å². The Morgan fingerprint density at radius 3 is 1.58 bits per heavy atom. The predicted molar refractivity (Wildman–Crippen MR) is 129 cm³/mol. The number of alkyl carbamates (subject to hydrolysis) is 1. The topological polar surface area (TPSA) is 96.5 Å². The first kappa shape index (κ1) is 25.9. The molecule has 33 heavy (non-hydrogen) atoms. The molecule has 7 nitrogen and oxygen atoms in total. The molecule has 0 aliphatic heterocycles. The molecule has 3 N–H and O–H groups in total. The van der Waals surface area contributed by atoms with Gasteiger partial charge < -0.3 is 20.7 Å². The fourth-order valence-electron chi connectivity index (χ4n) is 3.18. The van der Waals surface area contributed by atoms with Gasteiger partial charge in [-0.05, 0) is 57.6 Å². The van der Waals surface area contributed by atoms with Crippen LogP contribution in [0.2, 0.25) is 0 Å². The van der Waals surface area contributed by atoms with Gasteiger partial charge in [-0.2, -0.15) is 0 Å². The molecule has 0 fully saturated rings. The van der Waals surface area contributed by atoms with Gasteiger partial charge in [-0.25, -0.2) is 4.79 Å². The summed E-state index contributed by atoms with van der Waals surface area (Å²) in [4.78, 5) is 37.6. The Bertz CT molecular complexity index is 820. The molecule has 0 atom stereocenters. The fraction of sp³-hybridized carbons (Fsp3) is 0.423.